The number of hydrogen-bond acceptors (Lipinski definition) is 4. The summed E-state index contributed by atoms with van der Waals surface area (Å²) in [5.41, 5.74) is 3.91. The predicted molar refractivity (Wildman–Crippen MR) is 103 cm³/mol. The fourth-order valence-corrected chi connectivity index (χ4v) is 5.64. The van der Waals surface area contributed by atoms with Crippen molar-refractivity contribution in [2.45, 2.75) is 39.3 Å². The molecule has 0 saturated carbocycles. The Morgan fingerprint density at radius 1 is 1.27 bits per heavy atom. The molecule has 1 aromatic carbocycles. The summed E-state index contributed by atoms with van der Waals surface area (Å²) in [5, 5.41) is 2.94. The van der Waals surface area contributed by atoms with Gasteiger partial charge in [-0.2, -0.15) is 0 Å². The van der Waals surface area contributed by atoms with Gasteiger partial charge in [0.2, 0.25) is 0 Å². The SMILES string of the molecule is Cc1cccc(N2CC[NH+]([C@H](C)C(=O)N[C@@H]3CCS(=O)(=O)C3)CC2)c1C. The maximum Gasteiger partial charge on any atom is 0.278 e. The van der Waals surface area contributed by atoms with Gasteiger partial charge in [0.25, 0.3) is 5.91 Å². The number of sulfone groups is 1. The maximum atomic E-state index is 12.5. The maximum absolute atomic E-state index is 12.5. The highest BCUT2D eigenvalue weighted by Gasteiger charge is 2.34. The van der Waals surface area contributed by atoms with Gasteiger partial charge in [-0.1, -0.05) is 12.1 Å². The van der Waals surface area contributed by atoms with Crippen LogP contribution >= 0.6 is 0 Å². The molecule has 0 spiro atoms. The first-order chi connectivity index (χ1) is 12.3. The van der Waals surface area contributed by atoms with Crippen LogP contribution in [0.2, 0.25) is 0 Å². The molecule has 2 heterocycles. The number of carbonyl (C=O) groups excluding carboxylic acids is 1. The average molecular weight is 381 g/mol. The van der Waals surface area contributed by atoms with Gasteiger partial charge in [0, 0.05) is 11.7 Å². The molecule has 2 aliphatic heterocycles. The summed E-state index contributed by atoms with van der Waals surface area (Å²) in [6, 6.07) is 6.03. The monoisotopic (exact) mass is 380 g/mol. The molecule has 7 heteroatoms. The number of piperazine rings is 1. The Labute approximate surface area is 156 Å². The molecule has 2 aliphatic rings. The molecule has 6 nitrogen and oxygen atoms in total. The number of rotatable bonds is 4. The van der Waals surface area contributed by atoms with Gasteiger partial charge in [0.15, 0.2) is 15.9 Å². The van der Waals surface area contributed by atoms with Crippen molar-refractivity contribution in [1.82, 2.24) is 5.32 Å². The van der Waals surface area contributed by atoms with Crippen LogP contribution in [0.5, 0.6) is 0 Å². The molecule has 1 aromatic rings. The molecule has 0 aromatic heterocycles. The molecule has 0 aliphatic carbocycles. The molecule has 2 fully saturated rings. The van der Waals surface area contributed by atoms with E-state index >= 15 is 0 Å². The van der Waals surface area contributed by atoms with E-state index in [1.165, 1.54) is 21.7 Å². The van der Waals surface area contributed by atoms with Crippen LogP contribution in [0.15, 0.2) is 18.2 Å². The van der Waals surface area contributed by atoms with Gasteiger partial charge in [0.1, 0.15) is 0 Å². The zero-order valence-corrected chi connectivity index (χ0v) is 16.7. The fourth-order valence-electron chi connectivity index (χ4n) is 3.97. The summed E-state index contributed by atoms with van der Waals surface area (Å²) < 4.78 is 23.1. The third-order valence-electron chi connectivity index (χ3n) is 5.91. The minimum absolute atomic E-state index is 0.0257. The number of benzene rings is 1. The minimum atomic E-state index is -2.97. The number of anilines is 1. The zero-order chi connectivity index (χ0) is 18.9. The van der Waals surface area contributed by atoms with Gasteiger partial charge in [-0.15, -0.1) is 0 Å². The van der Waals surface area contributed by atoms with Crippen LogP contribution in [0.25, 0.3) is 0 Å². The lowest BCUT2D eigenvalue weighted by Crippen LogP contribution is -3.19. The number of quaternary nitrogens is 1. The molecule has 3 rings (SSSR count). The second-order valence-corrected chi connectivity index (χ2v) is 9.92. The predicted octanol–water partition coefficient (Wildman–Crippen LogP) is -0.300. The number of hydrogen-bond donors (Lipinski definition) is 2. The highest BCUT2D eigenvalue weighted by atomic mass is 32.2. The normalized spacial score (nSPS) is 24.4. The average Bonchev–Trinajstić information content (AvgIpc) is 2.95. The highest BCUT2D eigenvalue weighted by molar-refractivity contribution is 7.91. The second-order valence-electron chi connectivity index (χ2n) is 7.69. The molecular weight excluding hydrogens is 350 g/mol. The molecule has 26 heavy (non-hydrogen) atoms. The largest absolute Gasteiger partial charge is 0.360 e. The molecule has 0 radical (unpaired) electrons. The Morgan fingerprint density at radius 2 is 1.96 bits per heavy atom. The van der Waals surface area contributed by atoms with Crippen molar-refractivity contribution in [3.8, 4) is 0 Å². The van der Waals surface area contributed by atoms with Crippen LogP contribution < -0.4 is 15.1 Å². The van der Waals surface area contributed by atoms with E-state index in [4.69, 9.17) is 0 Å². The molecule has 2 N–H and O–H groups in total. The van der Waals surface area contributed by atoms with Crippen molar-refractivity contribution in [1.29, 1.82) is 0 Å². The molecule has 1 amide bonds. The summed E-state index contributed by atoms with van der Waals surface area (Å²) in [6.45, 7) is 9.91. The first-order valence-electron chi connectivity index (χ1n) is 9.43. The van der Waals surface area contributed by atoms with E-state index in [9.17, 15) is 13.2 Å². The standard InChI is InChI=1S/C19H29N3O3S/c1-14-5-4-6-18(15(14)2)22-10-8-21(9-11-22)16(3)19(23)20-17-7-12-26(24,25)13-17/h4-6,16-17H,7-13H2,1-3H3,(H,20,23)/p+1/t16-,17-/m1/s1. The molecule has 144 valence electrons. The van der Waals surface area contributed by atoms with Gasteiger partial charge in [0.05, 0.1) is 37.7 Å². The van der Waals surface area contributed by atoms with Crippen LogP contribution in [0.3, 0.4) is 0 Å². The Bertz CT molecular complexity index is 770. The Morgan fingerprint density at radius 3 is 2.58 bits per heavy atom. The van der Waals surface area contributed by atoms with Crippen molar-refractivity contribution in [2.75, 3.05) is 42.6 Å². The van der Waals surface area contributed by atoms with E-state index in [1.807, 2.05) is 6.92 Å². The van der Waals surface area contributed by atoms with E-state index in [1.54, 1.807) is 0 Å². The van der Waals surface area contributed by atoms with E-state index in [2.05, 4.69) is 42.3 Å². The summed E-state index contributed by atoms with van der Waals surface area (Å²) in [4.78, 5) is 16.2. The van der Waals surface area contributed by atoms with Gasteiger partial charge < -0.3 is 15.1 Å². The molecule has 0 unspecified atom stereocenters. The Hall–Kier alpha value is -1.60. The molecular formula is C19H30N3O3S+. The van der Waals surface area contributed by atoms with Crippen LogP contribution in [0, 0.1) is 13.8 Å². The van der Waals surface area contributed by atoms with Gasteiger partial charge in [-0.3, -0.25) is 4.79 Å². The number of nitrogens with one attached hydrogen (secondary N) is 2. The van der Waals surface area contributed by atoms with Crippen molar-refractivity contribution in [2.24, 2.45) is 0 Å². The first kappa shape index (κ1) is 19.2. The lowest BCUT2D eigenvalue weighted by atomic mass is 10.1. The lowest BCUT2D eigenvalue weighted by Gasteiger charge is -2.37. The van der Waals surface area contributed by atoms with Crippen molar-refractivity contribution < 1.29 is 18.1 Å². The van der Waals surface area contributed by atoms with Crippen molar-refractivity contribution >= 4 is 21.4 Å². The molecule has 2 atom stereocenters. The number of aryl methyl sites for hydroxylation is 1. The van der Waals surface area contributed by atoms with Crippen LogP contribution in [-0.2, 0) is 14.6 Å². The van der Waals surface area contributed by atoms with E-state index in [0.29, 0.717) is 6.42 Å². The van der Waals surface area contributed by atoms with Crippen LogP contribution in [-0.4, -0.2) is 64.1 Å². The van der Waals surface area contributed by atoms with E-state index in [-0.39, 0.29) is 29.5 Å². The summed E-state index contributed by atoms with van der Waals surface area (Å²) >= 11 is 0. The van der Waals surface area contributed by atoms with Crippen molar-refractivity contribution in [3.63, 3.8) is 0 Å². The third-order valence-corrected chi connectivity index (χ3v) is 7.67. The molecule has 0 bridgehead atoms. The number of amides is 1. The third kappa shape index (κ3) is 4.20. The lowest BCUT2D eigenvalue weighted by molar-refractivity contribution is -0.914. The minimum Gasteiger partial charge on any atom is -0.360 e. The first-order valence-corrected chi connectivity index (χ1v) is 11.3. The fraction of sp³-hybridized carbons (Fsp3) is 0.632. The quantitative estimate of drug-likeness (QED) is 0.753. The Kier molecular flexibility index (Phi) is 5.58. The zero-order valence-electron chi connectivity index (χ0n) is 15.9. The second kappa shape index (κ2) is 7.56. The van der Waals surface area contributed by atoms with Gasteiger partial charge in [-0.25, -0.2) is 8.42 Å². The van der Waals surface area contributed by atoms with E-state index < -0.39 is 9.84 Å². The highest BCUT2D eigenvalue weighted by Crippen LogP contribution is 2.22. The number of nitrogens with zero attached hydrogens (tertiary/aromatic N) is 1. The van der Waals surface area contributed by atoms with Crippen LogP contribution in [0.4, 0.5) is 5.69 Å². The summed E-state index contributed by atoms with van der Waals surface area (Å²) in [7, 11) is -2.97. The van der Waals surface area contributed by atoms with E-state index in [0.717, 1.165) is 26.2 Å². The van der Waals surface area contributed by atoms with Crippen molar-refractivity contribution in [3.05, 3.63) is 29.3 Å². The van der Waals surface area contributed by atoms with Gasteiger partial charge in [-0.05, 0) is 44.4 Å². The summed E-state index contributed by atoms with van der Waals surface area (Å²) in [6.07, 6.45) is 0.538. The summed E-state index contributed by atoms with van der Waals surface area (Å²) in [5.74, 6) is 0.247. The number of carbonyl (C=O) groups is 1. The topological polar surface area (TPSA) is 70.9 Å². The smallest absolute Gasteiger partial charge is 0.278 e. The molecule has 2 saturated heterocycles. The van der Waals surface area contributed by atoms with Gasteiger partial charge >= 0.3 is 0 Å². The Balaban J connectivity index is 1.54. The van der Waals surface area contributed by atoms with Crippen LogP contribution in [0.1, 0.15) is 24.5 Å².